The molecule has 33 heavy (non-hydrogen) atoms. The van der Waals surface area contributed by atoms with Crippen LogP contribution in [0.15, 0.2) is 12.1 Å². The molecule has 3 fully saturated rings. The lowest BCUT2D eigenvalue weighted by Crippen LogP contribution is -2.54. The van der Waals surface area contributed by atoms with Gasteiger partial charge in [0.1, 0.15) is 6.04 Å². The van der Waals surface area contributed by atoms with Crippen molar-refractivity contribution < 1.29 is 19.2 Å². The highest BCUT2D eigenvalue weighted by Gasteiger charge is 2.38. The molecule has 0 aromatic heterocycles. The largest absolute Gasteiger partial charge is 0.454 e. The van der Waals surface area contributed by atoms with Crippen molar-refractivity contribution in [1.82, 2.24) is 15.1 Å². The van der Waals surface area contributed by atoms with Gasteiger partial charge >= 0.3 is 0 Å². The first kappa shape index (κ1) is 22.4. The van der Waals surface area contributed by atoms with Gasteiger partial charge in [-0.2, -0.15) is 0 Å². The minimum absolute atomic E-state index is 0.0366. The van der Waals surface area contributed by atoms with Gasteiger partial charge in [-0.1, -0.05) is 32.1 Å². The molecule has 1 atom stereocenters. The van der Waals surface area contributed by atoms with E-state index >= 15 is 0 Å². The first-order valence-electron chi connectivity index (χ1n) is 12.5. The number of nitrogens with zero attached hydrogens (tertiary/aromatic N) is 3. The number of hydrogen-bond donors (Lipinski definition) is 1. The zero-order valence-electron chi connectivity index (χ0n) is 19.2. The van der Waals surface area contributed by atoms with Crippen molar-refractivity contribution in [3.8, 4) is 11.5 Å². The molecular weight excluding hydrogens is 424 g/mol. The predicted octanol–water partition coefficient (Wildman–Crippen LogP) is 3.37. The van der Waals surface area contributed by atoms with E-state index in [1.54, 1.807) is 6.07 Å². The summed E-state index contributed by atoms with van der Waals surface area (Å²) in [4.78, 5) is 29.8. The van der Waals surface area contributed by atoms with E-state index in [1.165, 1.54) is 38.2 Å². The Bertz CT molecular complexity index is 874. The van der Waals surface area contributed by atoms with Crippen LogP contribution < -0.4 is 14.8 Å². The Kier molecular flexibility index (Phi) is 6.69. The summed E-state index contributed by atoms with van der Waals surface area (Å²) >= 11 is 0. The number of carbonyl (C=O) groups is 1. The fourth-order valence-corrected chi connectivity index (χ4v) is 5.99. The summed E-state index contributed by atoms with van der Waals surface area (Å²) in [5.41, 5.74) is 0.311. The summed E-state index contributed by atoms with van der Waals surface area (Å²) in [6, 6.07) is 3.12. The van der Waals surface area contributed by atoms with Gasteiger partial charge in [-0.15, -0.1) is 0 Å². The zero-order chi connectivity index (χ0) is 22.8. The highest BCUT2D eigenvalue weighted by atomic mass is 16.7. The van der Waals surface area contributed by atoms with Crippen LogP contribution >= 0.6 is 0 Å². The summed E-state index contributed by atoms with van der Waals surface area (Å²) in [5.74, 6) is 0.688. The number of ether oxygens (including phenoxy) is 2. The first-order chi connectivity index (χ1) is 16.1. The maximum Gasteiger partial charge on any atom is 0.278 e. The van der Waals surface area contributed by atoms with Crippen molar-refractivity contribution in [1.29, 1.82) is 0 Å². The summed E-state index contributed by atoms with van der Waals surface area (Å²) < 4.78 is 10.9. The Morgan fingerprint density at radius 3 is 2.27 bits per heavy atom. The SMILES string of the molecule is O=C(NC1CCCC1)[C@@H](c1cc2c(cc1[N+](=O)[O-])OCO2)N1CCN(C2CCCCC2)CC1. The van der Waals surface area contributed by atoms with Gasteiger partial charge in [-0.05, 0) is 31.7 Å². The van der Waals surface area contributed by atoms with Gasteiger partial charge in [0, 0.05) is 38.3 Å². The molecule has 180 valence electrons. The minimum atomic E-state index is -0.714. The topological polar surface area (TPSA) is 97.2 Å². The van der Waals surface area contributed by atoms with E-state index in [9.17, 15) is 14.9 Å². The van der Waals surface area contributed by atoms with Gasteiger partial charge < -0.3 is 14.8 Å². The summed E-state index contributed by atoms with van der Waals surface area (Å²) in [5, 5.41) is 15.2. The molecule has 9 nitrogen and oxygen atoms in total. The van der Waals surface area contributed by atoms with Crippen LogP contribution in [0.2, 0.25) is 0 Å². The standard InChI is InChI=1S/C24H34N4O5/c29-24(25-17-6-4-5-7-17)23(19-14-21-22(33-16-32-21)15-20(19)28(30)31)27-12-10-26(11-13-27)18-8-2-1-3-9-18/h14-15,17-18,23H,1-13,16H2,(H,25,29)/t23-/m1/s1. The number of piperazine rings is 1. The second-order valence-electron chi connectivity index (χ2n) is 9.78. The predicted molar refractivity (Wildman–Crippen MR) is 122 cm³/mol. The molecule has 4 aliphatic rings. The third kappa shape index (κ3) is 4.80. The molecule has 0 unspecified atom stereocenters. The number of fused-ring (bicyclic) bond motifs is 1. The van der Waals surface area contributed by atoms with Crippen LogP contribution in [0.3, 0.4) is 0 Å². The lowest BCUT2D eigenvalue weighted by Gasteiger charge is -2.43. The van der Waals surface area contributed by atoms with E-state index in [0.29, 0.717) is 36.2 Å². The Balaban J connectivity index is 1.41. The van der Waals surface area contributed by atoms with E-state index < -0.39 is 11.0 Å². The van der Waals surface area contributed by atoms with Crippen LogP contribution in [-0.2, 0) is 4.79 Å². The van der Waals surface area contributed by atoms with Crippen molar-refractivity contribution in [2.45, 2.75) is 75.9 Å². The maximum absolute atomic E-state index is 13.6. The van der Waals surface area contributed by atoms with Gasteiger partial charge in [0.25, 0.3) is 5.69 Å². The number of amides is 1. The van der Waals surface area contributed by atoms with Crippen molar-refractivity contribution in [2.24, 2.45) is 0 Å². The molecule has 2 aliphatic heterocycles. The van der Waals surface area contributed by atoms with Crippen molar-refractivity contribution >= 4 is 11.6 Å². The summed E-state index contributed by atoms with van der Waals surface area (Å²) in [7, 11) is 0. The normalized spacial score (nSPS) is 23.5. The van der Waals surface area contributed by atoms with Gasteiger partial charge in [-0.3, -0.25) is 24.7 Å². The lowest BCUT2D eigenvalue weighted by molar-refractivity contribution is -0.386. The molecule has 1 saturated heterocycles. The maximum atomic E-state index is 13.6. The second-order valence-corrected chi connectivity index (χ2v) is 9.78. The average Bonchev–Trinajstić information content (AvgIpc) is 3.51. The number of nitro benzene ring substituents is 1. The molecule has 1 amide bonds. The van der Waals surface area contributed by atoms with E-state index in [4.69, 9.17) is 9.47 Å². The minimum Gasteiger partial charge on any atom is -0.454 e. The number of carbonyl (C=O) groups excluding carboxylic acids is 1. The number of hydrogen-bond acceptors (Lipinski definition) is 7. The van der Waals surface area contributed by atoms with Crippen molar-refractivity contribution in [2.75, 3.05) is 33.0 Å². The molecule has 1 aromatic carbocycles. The summed E-state index contributed by atoms with van der Waals surface area (Å²) in [6.07, 6.45) is 10.6. The molecule has 0 spiro atoms. The highest BCUT2D eigenvalue weighted by molar-refractivity contribution is 5.85. The smallest absolute Gasteiger partial charge is 0.278 e. The lowest BCUT2D eigenvalue weighted by atomic mass is 9.93. The monoisotopic (exact) mass is 458 g/mol. The van der Waals surface area contributed by atoms with Crippen LogP contribution in [0.25, 0.3) is 0 Å². The van der Waals surface area contributed by atoms with Crippen molar-refractivity contribution in [3.63, 3.8) is 0 Å². The molecule has 0 radical (unpaired) electrons. The highest BCUT2D eigenvalue weighted by Crippen LogP contribution is 2.42. The third-order valence-corrected chi connectivity index (χ3v) is 7.77. The fraction of sp³-hybridized carbons (Fsp3) is 0.708. The van der Waals surface area contributed by atoms with Crippen LogP contribution in [0.5, 0.6) is 11.5 Å². The van der Waals surface area contributed by atoms with E-state index in [2.05, 4.69) is 15.1 Å². The van der Waals surface area contributed by atoms with Gasteiger partial charge in [0.2, 0.25) is 12.7 Å². The second kappa shape index (κ2) is 9.85. The zero-order valence-corrected chi connectivity index (χ0v) is 19.2. The van der Waals surface area contributed by atoms with E-state index in [0.717, 1.165) is 38.8 Å². The Hall–Kier alpha value is -2.39. The molecule has 9 heteroatoms. The molecule has 0 bridgehead atoms. The van der Waals surface area contributed by atoms with Crippen LogP contribution in [0.1, 0.15) is 69.4 Å². The molecule has 1 aromatic rings. The Morgan fingerprint density at radius 1 is 0.970 bits per heavy atom. The Labute approximate surface area is 194 Å². The molecule has 2 heterocycles. The molecular formula is C24H34N4O5. The third-order valence-electron chi connectivity index (χ3n) is 7.77. The summed E-state index contributed by atoms with van der Waals surface area (Å²) in [6.45, 7) is 3.23. The van der Waals surface area contributed by atoms with Gasteiger partial charge in [0.15, 0.2) is 11.5 Å². The Morgan fingerprint density at radius 2 is 1.61 bits per heavy atom. The average molecular weight is 459 g/mol. The van der Waals surface area contributed by atoms with Crippen LogP contribution in [0, 0.1) is 10.1 Å². The van der Waals surface area contributed by atoms with Crippen LogP contribution in [0.4, 0.5) is 5.69 Å². The number of benzene rings is 1. The molecule has 2 aliphatic carbocycles. The fourth-order valence-electron chi connectivity index (χ4n) is 5.99. The van der Waals surface area contributed by atoms with E-state index in [1.807, 2.05) is 0 Å². The molecule has 5 rings (SSSR count). The number of rotatable bonds is 6. The van der Waals surface area contributed by atoms with E-state index in [-0.39, 0.29) is 24.4 Å². The molecule has 1 N–H and O–H groups in total. The number of nitro groups is 1. The number of nitrogens with one attached hydrogen (secondary N) is 1. The van der Waals surface area contributed by atoms with Gasteiger partial charge in [0.05, 0.1) is 16.6 Å². The molecule has 2 saturated carbocycles. The first-order valence-corrected chi connectivity index (χ1v) is 12.5. The van der Waals surface area contributed by atoms with Crippen LogP contribution in [-0.4, -0.2) is 65.7 Å². The quantitative estimate of drug-likeness (QED) is 0.516. The van der Waals surface area contributed by atoms with Gasteiger partial charge in [-0.25, -0.2) is 0 Å². The van der Waals surface area contributed by atoms with Crippen molar-refractivity contribution in [3.05, 3.63) is 27.8 Å².